The molecule has 3 heterocycles. The van der Waals surface area contributed by atoms with Gasteiger partial charge in [-0.3, -0.25) is 10.1 Å². The number of benzene rings is 1. The molecule has 1 aliphatic carbocycles. The molecule has 132 valence electrons. The predicted molar refractivity (Wildman–Crippen MR) is 98.2 cm³/mol. The summed E-state index contributed by atoms with van der Waals surface area (Å²) in [5.41, 5.74) is 3.98. The van der Waals surface area contributed by atoms with Crippen LogP contribution in [0, 0.1) is 5.92 Å². The van der Waals surface area contributed by atoms with E-state index in [0.717, 1.165) is 61.4 Å². The van der Waals surface area contributed by atoms with E-state index in [1.54, 1.807) is 4.52 Å². The summed E-state index contributed by atoms with van der Waals surface area (Å²) in [4.78, 5) is 16.4. The molecule has 6 heteroatoms. The number of amides is 1. The maximum absolute atomic E-state index is 12.0. The lowest BCUT2D eigenvalue weighted by atomic mass is 10.0. The number of hydrogen-bond donors (Lipinski definition) is 1. The van der Waals surface area contributed by atoms with Gasteiger partial charge in [-0.15, -0.1) is 5.10 Å². The first-order chi connectivity index (χ1) is 12.8. The van der Waals surface area contributed by atoms with Crippen LogP contribution in [0.5, 0.6) is 5.75 Å². The summed E-state index contributed by atoms with van der Waals surface area (Å²) in [5.74, 6) is 1.50. The van der Waals surface area contributed by atoms with Crippen molar-refractivity contribution < 1.29 is 9.53 Å². The highest BCUT2D eigenvalue weighted by molar-refractivity contribution is 5.92. The van der Waals surface area contributed by atoms with E-state index in [4.69, 9.17) is 4.74 Å². The molecule has 1 saturated carbocycles. The molecule has 5 rings (SSSR count). The van der Waals surface area contributed by atoms with E-state index in [9.17, 15) is 4.79 Å². The number of fused-ring (bicyclic) bond motifs is 2. The predicted octanol–water partition coefficient (Wildman–Crippen LogP) is 3.46. The van der Waals surface area contributed by atoms with Gasteiger partial charge in [0.2, 0.25) is 11.9 Å². The lowest BCUT2D eigenvalue weighted by molar-refractivity contribution is -0.117. The monoisotopic (exact) mass is 348 g/mol. The average Bonchev–Trinajstić information content (AvgIpc) is 3.45. The van der Waals surface area contributed by atoms with Crippen LogP contribution < -0.4 is 10.1 Å². The van der Waals surface area contributed by atoms with Crippen LogP contribution in [0.15, 0.2) is 36.4 Å². The Bertz CT molecular complexity index is 991. The Hall–Kier alpha value is -2.89. The van der Waals surface area contributed by atoms with Gasteiger partial charge in [-0.25, -0.2) is 4.52 Å². The van der Waals surface area contributed by atoms with Crippen molar-refractivity contribution in [3.05, 3.63) is 42.0 Å². The van der Waals surface area contributed by atoms with Crippen molar-refractivity contribution in [2.24, 2.45) is 5.92 Å². The molecule has 26 heavy (non-hydrogen) atoms. The Labute approximate surface area is 151 Å². The smallest absolute Gasteiger partial charge is 0.249 e. The van der Waals surface area contributed by atoms with Crippen LogP contribution in [0.2, 0.25) is 0 Å². The van der Waals surface area contributed by atoms with Crippen molar-refractivity contribution >= 4 is 17.5 Å². The van der Waals surface area contributed by atoms with Gasteiger partial charge in [0.05, 0.1) is 12.3 Å². The summed E-state index contributed by atoms with van der Waals surface area (Å²) < 4.78 is 7.61. The third-order valence-corrected chi connectivity index (χ3v) is 5.00. The molecule has 0 atom stereocenters. The number of aromatic nitrogens is 3. The van der Waals surface area contributed by atoms with Gasteiger partial charge in [0.25, 0.3) is 0 Å². The van der Waals surface area contributed by atoms with Gasteiger partial charge in [-0.05, 0) is 68.0 Å². The summed E-state index contributed by atoms with van der Waals surface area (Å²) in [6.45, 7) is 0.787. The van der Waals surface area contributed by atoms with Crippen LogP contribution in [-0.2, 0) is 11.2 Å². The molecule has 0 unspecified atom stereocenters. The van der Waals surface area contributed by atoms with E-state index >= 15 is 0 Å². The third-order valence-electron chi connectivity index (χ3n) is 5.00. The lowest BCUT2D eigenvalue weighted by Crippen LogP contribution is -2.14. The highest BCUT2D eigenvalue weighted by Crippen LogP contribution is 2.31. The number of rotatable bonds is 3. The average molecular weight is 348 g/mol. The zero-order chi connectivity index (χ0) is 17.5. The Balaban J connectivity index is 1.53. The number of anilines is 1. The second-order valence-electron chi connectivity index (χ2n) is 7.01. The fraction of sp³-hybridized carbons (Fsp3) is 0.350. The normalized spacial score (nSPS) is 16.6. The zero-order valence-corrected chi connectivity index (χ0v) is 14.4. The van der Waals surface area contributed by atoms with Crippen LogP contribution in [0.1, 0.15) is 31.2 Å². The number of ether oxygens (including phenoxy) is 1. The molecule has 1 aliphatic heterocycles. The van der Waals surface area contributed by atoms with Crippen LogP contribution >= 0.6 is 0 Å². The molecule has 0 bridgehead atoms. The van der Waals surface area contributed by atoms with Crippen molar-refractivity contribution in [3.63, 3.8) is 0 Å². The molecule has 6 nitrogen and oxygen atoms in total. The van der Waals surface area contributed by atoms with Crippen molar-refractivity contribution in [1.82, 2.24) is 14.6 Å². The van der Waals surface area contributed by atoms with E-state index in [1.807, 2.05) is 24.3 Å². The molecule has 0 radical (unpaired) electrons. The molecular weight excluding hydrogens is 328 g/mol. The van der Waals surface area contributed by atoms with E-state index in [1.165, 1.54) is 5.56 Å². The van der Waals surface area contributed by atoms with Gasteiger partial charge in [0.1, 0.15) is 5.75 Å². The summed E-state index contributed by atoms with van der Waals surface area (Å²) in [6, 6.07) is 12.2. The van der Waals surface area contributed by atoms with E-state index in [-0.39, 0.29) is 11.8 Å². The topological polar surface area (TPSA) is 68.5 Å². The lowest BCUT2D eigenvalue weighted by Gasteiger charge is -2.10. The fourth-order valence-electron chi connectivity index (χ4n) is 3.41. The van der Waals surface area contributed by atoms with Crippen molar-refractivity contribution in [1.29, 1.82) is 0 Å². The first-order valence-corrected chi connectivity index (χ1v) is 9.21. The van der Waals surface area contributed by atoms with E-state index in [2.05, 4.69) is 27.5 Å². The van der Waals surface area contributed by atoms with Crippen LogP contribution in [0.3, 0.4) is 0 Å². The minimum atomic E-state index is 0.0182. The minimum absolute atomic E-state index is 0.0182. The SMILES string of the molecule is O=C(Nc1nc2cccc(-c3ccc4c(c3)CCCCO4)n2n1)C1CC1. The zero-order valence-electron chi connectivity index (χ0n) is 14.4. The van der Waals surface area contributed by atoms with Gasteiger partial charge in [0, 0.05) is 11.5 Å². The third kappa shape index (κ3) is 2.81. The second-order valence-corrected chi connectivity index (χ2v) is 7.01. The van der Waals surface area contributed by atoms with E-state index < -0.39 is 0 Å². The van der Waals surface area contributed by atoms with Crippen LogP contribution in [0.4, 0.5) is 5.95 Å². The standard InChI is InChI=1S/C20H20N4O2/c25-19(13-7-8-13)22-20-21-18-6-3-5-16(24(18)23-20)14-9-10-17-15(12-14)4-1-2-11-26-17/h3,5-6,9-10,12-13H,1-2,4,7-8,11H2,(H,22,23,25). The van der Waals surface area contributed by atoms with E-state index in [0.29, 0.717) is 5.95 Å². The Kier molecular flexibility index (Phi) is 3.62. The number of pyridine rings is 1. The van der Waals surface area contributed by atoms with Crippen LogP contribution in [0.25, 0.3) is 16.9 Å². The summed E-state index contributed by atoms with van der Waals surface area (Å²) in [6.07, 6.45) is 5.18. The van der Waals surface area contributed by atoms with Gasteiger partial charge in [-0.2, -0.15) is 4.98 Å². The van der Waals surface area contributed by atoms with Gasteiger partial charge in [0.15, 0.2) is 5.65 Å². The molecule has 2 aromatic heterocycles. The summed E-state index contributed by atoms with van der Waals surface area (Å²) in [7, 11) is 0. The molecule has 0 spiro atoms. The number of aryl methyl sites for hydroxylation is 1. The first-order valence-electron chi connectivity index (χ1n) is 9.21. The van der Waals surface area contributed by atoms with Crippen molar-refractivity contribution in [2.75, 3.05) is 11.9 Å². The summed E-state index contributed by atoms with van der Waals surface area (Å²) in [5, 5.41) is 7.34. The molecule has 0 saturated heterocycles. The number of carbonyl (C=O) groups is 1. The molecule has 3 aromatic rings. The molecule has 1 amide bonds. The maximum atomic E-state index is 12.0. The first kappa shape index (κ1) is 15.4. The minimum Gasteiger partial charge on any atom is -0.493 e. The maximum Gasteiger partial charge on any atom is 0.249 e. The molecule has 1 fully saturated rings. The number of hydrogen-bond acceptors (Lipinski definition) is 4. The van der Waals surface area contributed by atoms with Gasteiger partial charge in [-0.1, -0.05) is 6.07 Å². The quantitative estimate of drug-likeness (QED) is 0.787. The van der Waals surface area contributed by atoms with Gasteiger partial charge >= 0.3 is 0 Å². The number of carbonyl (C=O) groups excluding carboxylic acids is 1. The summed E-state index contributed by atoms with van der Waals surface area (Å²) >= 11 is 0. The number of nitrogens with one attached hydrogen (secondary N) is 1. The molecule has 1 N–H and O–H groups in total. The Morgan fingerprint density at radius 3 is 3.00 bits per heavy atom. The number of nitrogens with zero attached hydrogens (tertiary/aromatic N) is 3. The van der Waals surface area contributed by atoms with Crippen molar-refractivity contribution in [3.8, 4) is 17.0 Å². The highest BCUT2D eigenvalue weighted by Gasteiger charge is 2.30. The van der Waals surface area contributed by atoms with Crippen LogP contribution in [-0.4, -0.2) is 27.1 Å². The second kappa shape index (κ2) is 6.12. The Morgan fingerprint density at radius 1 is 1.19 bits per heavy atom. The van der Waals surface area contributed by atoms with Gasteiger partial charge < -0.3 is 4.74 Å². The largest absolute Gasteiger partial charge is 0.493 e. The highest BCUT2D eigenvalue weighted by atomic mass is 16.5. The molecule has 2 aliphatic rings. The molecule has 1 aromatic carbocycles. The Morgan fingerprint density at radius 2 is 2.12 bits per heavy atom. The fourth-order valence-corrected chi connectivity index (χ4v) is 3.41. The van der Waals surface area contributed by atoms with Crippen molar-refractivity contribution in [2.45, 2.75) is 32.1 Å². The molecular formula is C20H20N4O2.